The number of nitrogens with zero attached hydrogens (tertiary/aromatic N) is 2. The number of anilines is 1. The van der Waals surface area contributed by atoms with Crippen LogP contribution in [0.5, 0.6) is 5.75 Å². The van der Waals surface area contributed by atoms with Crippen LogP contribution in [0.1, 0.15) is 16.1 Å². The molecule has 4 aromatic rings. The molecule has 3 aromatic carbocycles. The molecule has 0 aliphatic carbocycles. The maximum atomic E-state index is 12.5. The number of methoxy groups -OCH3 is 1. The lowest BCUT2D eigenvalue weighted by atomic mass is 10.1. The fourth-order valence-electron chi connectivity index (χ4n) is 3.14. The summed E-state index contributed by atoms with van der Waals surface area (Å²) in [5, 5.41) is 7.51. The molecular formula is C24H21N3O2. The minimum absolute atomic E-state index is 0.165. The van der Waals surface area contributed by atoms with Gasteiger partial charge in [0.05, 0.1) is 24.2 Å². The monoisotopic (exact) mass is 383 g/mol. The predicted molar refractivity (Wildman–Crippen MR) is 115 cm³/mol. The molecular weight excluding hydrogens is 362 g/mol. The van der Waals surface area contributed by atoms with Gasteiger partial charge < -0.3 is 10.1 Å². The number of benzene rings is 3. The van der Waals surface area contributed by atoms with Crippen LogP contribution in [0.25, 0.3) is 16.9 Å². The van der Waals surface area contributed by atoms with Gasteiger partial charge >= 0.3 is 0 Å². The van der Waals surface area contributed by atoms with E-state index in [-0.39, 0.29) is 5.91 Å². The number of ether oxygens (including phenoxy) is 1. The van der Waals surface area contributed by atoms with E-state index < -0.39 is 0 Å². The van der Waals surface area contributed by atoms with Crippen molar-refractivity contribution in [3.8, 4) is 22.7 Å². The first-order chi connectivity index (χ1) is 14.1. The van der Waals surface area contributed by atoms with Crippen molar-refractivity contribution in [1.29, 1.82) is 0 Å². The van der Waals surface area contributed by atoms with Gasteiger partial charge in [-0.05, 0) is 61.5 Å². The van der Waals surface area contributed by atoms with E-state index in [1.807, 2.05) is 66.2 Å². The third kappa shape index (κ3) is 4.04. The van der Waals surface area contributed by atoms with Crippen molar-refractivity contribution in [2.45, 2.75) is 6.92 Å². The molecule has 0 radical (unpaired) electrons. The van der Waals surface area contributed by atoms with E-state index in [9.17, 15) is 4.79 Å². The largest absolute Gasteiger partial charge is 0.497 e. The second kappa shape index (κ2) is 8.02. The van der Waals surface area contributed by atoms with Crippen molar-refractivity contribution in [3.63, 3.8) is 0 Å². The molecule has 5 heteroatoms. The molecule has 0 atom stereocenters. The Balaban J connectivity index is 1.56. The van der Waals surface area contributed by atoms with Crippen molar-refractivity contribution < 1.29 is 9.53 Å². The average Bonchev–Trinajstić information content (AvgIpc) is 3.16. The first-order valence-electron chi connectivity index (χ1n) is 9.32. The highest BCUT2D eigenvalue weighted by Crippen LogP contribution is 2.24. The summed E-state index contributed by atoms with van der Waals surface area (Å²) in [6, 6.07) is 26.8. The van der Waals surface area contributed by atoms with Crippen LogP contribution < -0.4 is 10.1 Å². The second-order valence-corrected chi connectivity index (χ2v) is 6.68. The zero-order valence-electron chi connectivity index (χ0n) is 16.3. The van der Waals surface area contributed by atoms with Gasteiger partial charge in [0.15, 0.2) is 0 Å². The SMILES string of the molecule is COc1ccc(NC(=O)c2ccc(-n3nc(C)cc3-c3ccccc3)cc2)cc1. The Bertz CT molecular complexity index is 1120. The first-order valence-corrected chi connectivity index (χ1v) is 9.32. The third-order valence-electron chi connectivity index (χ3n) is 4.62. The van der Waals surface area contributed by atoms with Crippen LogP contribution in [0.2, 0.25) is 0 Å². The van der Waals surface area contributed by atoms with Gasteiger partial charge in [-0.3, -0.25) is 4.79 Å². The summed E-state index contributed by atoms with van der Waals surface area (Å²) in [4.78, 5) is 12.5. The Morgan fingerprint density at radius 3 is 2.28 bits per heavy atom. The van der Waals surface area contributed by atoms with E-state index in [0.717, 1.165) is 28.4 Å². The molecule has 0 unspecified atom stereocenters. The number of aromatic nitrogens is 2. The quantitative estimate of drug-likeness (QED) is 0.521. The number of carbonyl (C=O) groups is 1. The molecule has 29 heavy (non-hydrogen) atoms. The van der Waals surface area contributed by atoms with Gasteiger partial charge in [0.25, 0.3) is 5.91 Å². The van der Waals surface area contributed by atoms with E-state index in [1.54, 1.807) is 19.2 Å². The summed E-state index contributed by atoms with van der Waals surface area (Å²) in [5.41, 5.74) is 5.24. The molecule has 5 nitrogen and oxygen atoms in total. The number of hydrogen-bond donors (Lipinski definition) is 1. The molecule has 0 saturated carbocycles. The molecule has 0 aliphatic rings. The number of rotatable bonds is 5. The topological polar surface area (TPSA) is 56.1 Å². The lowest BCUT2D eigenvalue weighted by molar-refractivity contribution is 0.102. The molecule has 0 fully saturated rings. The number of carbonyl (C=O) groups excluding carboxylic acids is 1. The summed E-state index contributed by atoms with van der Waals surface area (Å²) in [6.07, 6.45) is 0. The van der Waals surface area contributed by atoms with Crippen molar-refractivity contribution in [1.82, 2.24) is 9.78 Å². The molecule has 0 aliphatic heterocycles. The maximum Gasteiger partial charge on any atom is 0.255 e. The van der Waals surface area contributed by atoms with E-state index in [4.69, 9.17) is 4.74 Å². The van der Waals surface area contributed by atoms with Crippen molar-refractivity contribution >= 4 is 11.6 Å². The van der Waals surface area contributed by atoms with Gasteiger partial charge in [-0.2, -0.15) is 5.10 Å². The molecule has 144 valence electrons. The minimum Gasteiger partial charge on any atom is -0.497 e. The summed E-state index contributed by atoms with van der Waals surface area (Å²) in [7, 11) is 1.61. The molecule has 0 bridgehead atoms. The minimum atomic E-state index is -0.165. The molecule has 1 N–H and O–H groups in total. The molecule has 1 heterocycles. The Morgan fingerprint density at radius 1 is 0.931 bits per heavy atom. The lowest BCUT2D eigenvalue weighted by Gasteiger charge is -2.09. The summed E-state index contributed by atoms with van der Waals surface area (Å²) in [6.45, 7) is 1.97. The molecule has 4 rings (SSSR count). The molecule has 0 saturated heterocycles. The van der Waals surface area contributed by atoms with E-state index in [2.05, 4.69) is 28.6 Å². The lowest BCUT2D eigenvalue weighted by Crippen LogP contribution is -2.12. The van der Waals surface area contributed by atoms with Crippen molar-refractivity contribution in [2.24, 2.45) is 0 Å². The van der Waals surface area contributed by atoms with Gasteiger partial charge in [-0.1, -0.05) is 30.3 Å². The fourth-order valence-corrected chi connectivity index (χ4v) is 3.14. The van der Waals surface area contributed by atoms with Gasteiger partial charge in [-0.25, -0.2) is 4.68 Å². The summed E-state index contributed by atoms with van der Waals surface area (Å²) >= 11 is 0. The highest BCUT2D eigenvalue weighted by atomic mass is 16.5. The fraction of sp³-hybridized carbons (Fsp3) is 0.0833. The highest BCUT2D eigenvalue weighted by Gasteiger charge is 2.11. The van der Waals surface area contributed by atoms with Gasteiger partial charge in [0.2, 0.25) is 0 Å². The zero-order valence-corrected chi connectivity index (χ0v) is 16.3. The number of aryl methyl sites for hydroxylation is 1. The highest BCUT2D eigenvalue weighted by molar-refractivity contribution is 6.04. The Kier molecular flexibility index (Phi) is 5.12. The molecule has 1 amide bonds. The van der Waals surface area contributed by atoms with Gasteiger partial charge in [0, 0.05) is 16.8 Å². The predicted octanol–water partition coefficient (Wildman–Crippen LogP) is 5.11. The van der Waals surface area contributed by atoms with Crippen LogP contribution in [0.15, 0.2) is 84.9 Å². The Labute approximate surface area is 169 Å². The summed E-state index contributed by atoms with van der Waals surface area (Å²) in [5.74, 6) is 0.581. The second-order valence-electron chi connectivity index (χ2n) is 6.68. The van der Waals surface area contributed by atoms with Crippen LogP contribution in [-0.2, 0) is 0 Å². The smallest absolute Gasteiger partial charge is 0.255 e. The number of nitrogens with one attached hydrogen (secondary N) is 1. The molecule has 1 aromatic heterocycles. The standard InChI is InChI=1S/C24H21N3O2/c1-17-16-23(18-6-4-3-5-7-18)27(26-17)21-12-8-19(9-13-21)24(28)25-20-10-14-22(29-2)15-11-20/h3-16H,1-2H3,(H,25,28). The first kappa shape index (κ1) is 18.5. The van der Waals surface area contributed by atoms with Crippen LogP contribution >= 0.6 is 0 Å². The average molecular weight is 383 g/mol. The normalized spacial score (nSPS) is 10.6. The van der Waals surface area contributed by atoms with Crippen LogP contribution in [0.3, 0.4) is 0 Å². The summed E-state index contributed by atoms with van der Waals surface area (Å²) < 4.78 is 7.03. The third-order valence-corrected chi connectivity index (χ3v) is 4.62. The van der Waals surface area contributed by atoms with Crippen LogP contribution in [0.4, 0.5) is 5.69 Å². The molecule has 0 spiro atoms. The Hall–Kier alpha value is -3.86. The van der Waals surface area contributed by atoms with E-state index >= 15 is 0 Å². The zero-order chi connectivity index (χ0) is 20.2. The number of hydrogen-bond acceptors (Lipinski definition) is 3. The van der Waals surface area contributed by atoms with Crippen molar-refractivity contribution in [2.75, 3.05) is 12.4 Å². The Morgan fingerprint density at radius 2 is 1.62 bits per heavy atom. The van der Waals surface area contributed by atoms with Crippen molar-refractivity contribution in [3.05, 3.63) is 96.2 Å². The van der Waals surface area contributed by atoms with E-state index in [1.165, 1.54) is 0 Å². The maximum absolute atomic E-state index is 12.5. The van der Waals surface area contributed by atoms with Gasteiger partial charge in [0.1, 0.15) is 5.75 Å². The van der Waals surface area contributed by atoms with Crippen LogP contribution in [0, 0.1) is 6.92 Å². The van der Waals surface area contributed by atoms with Gasteiger partial charge in [-0.15, -0.1) is 0 Å². The van der Waals surface area contributed by atoms with E-state index in [0.29, 0.717) is 11.3 Å². The van der Waals surface area contributed by atoms with Crippen LogP contribution in [-0.4, -0.2) is 22.8 Å². The number of amides is 1.